The molecule has 0 fully saturated rings. The molecule has 0 aliphatic rings. The number of hydrogen-bond acceptors (Lipinski definition) is 3. The van der Waals surface area contributed by atoms with E-state index < -0.39 is 0 Å². The van der Waals surface area contributed by atoms with Gasteiger partial charge in [-0.1, -0.05) is 23.7 Å². The lowest BCUT2D eigenvalue weighted by atomic mass is 10.2. The van der Waals surface area contributed by atoms with Crippen LogP contribution in [0.15, 0.2) is 42.5 Å². The Hall–Kier alpha value is -2.53. The van der Waals surface area contributed by atoms with Gasteiger partial charge in [-0.2, -0.15) is 0 Å². The second-order valence-electron chi connectivity index (χ2n) is 5.03. The number of halogens is 1. The predicted molar refractivity (Wildman–Crippen MR) is 85.0 cm³/mol. The number of aromatic hydroxyl groups is 1. The van der Waals surface area contributed by atoms with Crippen molar-refractivity contribution in [2.24, 2.45) is 0 Å². The van der Waals surface area contributed by atoms with Crippen LogP contribution in [0.2, 0.25) is 5.02 Å². The molecule has 2 aromatic carbocycles. The van der Waals surface area contributed by atoms with Crippen molar-refractivity contribution in [3.63, 3.8) is 0 Å². The summed E-state index contributed by atoms with van der Waals surface area (Å²) >= 11 is 5.84. The Labute approximate surface area is 132 Å². The van der Waals surface area contributed by atoms with Crippen LogP contribution in [0.25, 0.3) is 11.0 Å². The number of phenolic OH excluding ortho intramolecular Hbond substituents is 1. The predicted octanol–water partition coefficient (Wildman–Crippen LogP) is 3.19. The standard InChI is InChI=1S/C16H14ClN3O2/c1-20(16(22)10-6-7-14(21)11(17)8-10)9-15-18-12-4-2-3-5-13(12)19-15/h2-8,21H,9H2,1H3,(H,18,19). The van der Waals surface area contributed by atoms with E-state index in [1.165, 1.54) is 12.1 Å². The second-order valence-corrected chi connectivity index (χ2v) is 5.44. The fraction of sp³-hybridized carbons (Fsp3) is 0.125. The molecule has 112 valence electrons. The number of nitrogens with one attached hydrogen (secondary N) is 1. The zero-order valence-corrected chi connectivity index (χ0v) is 12.6. The number of para-hydroxylation sites is 2. The van der Waals surface area contributed by atoms with Gasteiger partial charge in [0.2, 0.25) is 0 Å². The van der Waals surface area contributed by atoms with Crippen LogP contribution in [0.5, 0.6) is 5.75 Å². The highest BCUT2D eigenvalue weighted by molar-refractivity contribution is 6.32. The Morgan fingerprint density at radius 1 is 1.32 bits per heavy atom. The van der Waals surface area contributed by atoms with Crippen LogP contribution in [0.1, 0.15) is 16.2 Å². The van der Waals surface area contributed by atoms with Gasteiger partial charge in [0.1, 0.15) is 11.6 Å². The summed E-state index contributed by atoms with van der Waals surface area (Å²) < 4.78 is 0. The molecule has 0 spiro atoms. The van der Waals surface area contributed by atoms with Gasteiger partial charge in [0.15, 0.2) is 0 Å². The highest BCUT2D eigenvalue weighted by atomic mass is 35.5. The highest BCUT2D eigenvalue weighted by Gasteiger charge is 2.15. The minimum Gasteiger partial charge on any atom is -0.506 e. The van der Waals surface area contributed by atoms with E-state index in [2.05, 4.69) is 9.97 Å². The third-order valence-electron chi connectivity index (χ3n) is 3.37. The molecule has 0 bridgehead atoms. The van der Waals surface area contributed by atoms with Crippen LogP contribution in [-0.2, 0) is 6.54 Å². The van der Waals surface area contributed by atoms with Crippen molar-refractivity contribution in [2.45, 2.75) is 6.54 Å². The van der Waals surface area contributed by atoms with Gasteiger partial charge in [0, 0.05) is 12.6 Å². The molecular formula is C16H14ClN3O2. The molecule has 0 atom stereocenters. The third-order valence-corrected chi connectivity index (χ3v) is 3.67. The Morgan fingerprint density at radius 3 is 2.82 bits per heavy atom. The van der Waals surface area contributed by atoms with Gasteiger partial charge in [0.25, 0.3) is 5.91 Å². The van der Waals surface area contributed by atoms with Crippen LogP contribution in [0.3, 0.4) is 0 Å². The molecule has 1 heterocycles. The monoisotopic (exact) mass is 315 g/mol. The van der Waals surface area contributed by atoms with Gasteiger partial charge in [-0.25, -0.2) is 4.98 Å². The fourth-order valence-corrected chi connectivity index (χ4v) is 2.42. The van der Waals surface area contributed by atoms with Crippen molar-refractivity contribution in [3.8, 4) is 5.75 Å². The largest absolute Gasteiger partial charge is 0.506 e. The Balaban J connectivity index is 1.79. The number of nitrogens with zero attached hydrogens (tertiary/aromatic N) is 2. The first-order valence-electron chi connectivity index (χ1n) is 6.72. The van der Waals surface area contributed by atoms with Gasteiger partial charge < -0.3 is 15.0 Å². The van der Waals surface area contributed by atoms with E-state index in [1.54, 1.807) is 18.0 Å². The lowest BCUT2D eigenvalue weighted by Gasteiger charge is -2.16. The Kier molecular flexibility index (Phi) is 3.73. The molecular weight excluding hydrogens is 302 g/mol. The summed E-state index contributed by atoms with van der Waals surface area (Å²) in [5, 5.41) is 9.56. The summed E-state index contributed by atoms with van der Waals surface area (Å²) in [6.45, 7) is 0.353. The SMILES string of the molecule is CN(Cc1nc2ccccc2[nH]1)C(=O)c1ccc(O)c(Cl)c1. The molecule has 0 saturated carbocycles. The summed E-state index contributed by atoms with van der Waals surface area (Å²) in [5.41, 5.74) is 2.22. The van der Waals surface area contributed by atoms with Crippen molar-refractivity contribution in [1.82, 2.24) is 14.9 Å². The second kappa shape index (κ2) is 5.69. The Morgan fingerprint density at radius 2 is 2.09 bits per heavy atom. The molecule has 2 N–H and O–H groups in total. The van der Waals surface area contributed by atoms with Crippen LogP contribution in [0.4, 0.5) is 0 Å². The quantitative estimate of drug-likeness (QED) is 0.780. The molecule has 1 amide bonds. The minimum atomic E-state index is -0.192. The molecule has 0 radical (unpaired) electrons. The summed E-state index contributed by atoms with van der Waals surface area (Å²) in [5.74, 6) is 0.474. The molecule has 22 heavy (non-hydrogen) atoms. The average molecular weight is 316 g/mol. The summed E-state index contributed by atoms with van der Waals surface area (Å²) in [4.78, 5) is 21.5. The lowest BCUT2D eigenvalue weighted by Crippen LogP contribution is -2.26. The molecule has 6 heteroatoms. The topological polar surface area (TPSA) is 69.2 Å². The van der Waals surface area contributed by atoms with E-state index in [4.69, 9.17) is 11.6 Å². The van der Waals surface area contributed by atoms with Crippen molar-refractivity contribution >= 4 is 28.5 Å². The van der Waals surface area contributed by atoms with Crippen LogP contribution < -0.4 is 0 Å². The van der Waals surface area contributed by atoms with E-state index in [0.29, 0.717) is 17.9 Å². The molecule has 0 aliphatic heterocycles. The number of H-pyrrole nitrogens is 1. The Bertz CT molecular complexity index is 811. The summed E-state index contributed by atoms with van der Waals surface area (Å²) in [7, 11) is 1.69. The number of phenols is 1. The van der Waals surface area contributed by atoms with Gasteiger partial charge in [-0.15, -0.1) is 0 Å². The number of carbonyl (C=O) groups is 1. The normalized spacial score (nSPS) is 10.8. The van der Waals surface area contributed by atoms with E-state index in [9.17, 15) is 9.90 Å². The van der Waals surface area contributed by atoms with E-state index in [0.717, 1.165) is 11.0 Å². The number of aromatic amines is 1. The fourth-order valence-electron chi connectivity index (χ4n) is 2.24. The van der Waals surface area contributed by atoms with Gasteiger partial charge in [-0.3, -0.25) is 4.79 Å². The van der Waals surface area contributed by atoms with Gasteiger partial charge in [0.05, 0.1) is 22.6 Å². The van der Waals surface area contributed by atoms with Crippen LogP contribution in [-0.4, -0.2) is 32.9 Å². The number of carbonyl (C=O) groups excluding carboxylic acids is 1. The first-order valence-corrected chi connectivity index (χ1v) is 7.10. The molecule has 0 aliphatic carbocycles. The number of amides is 1. The van der Waals surface area contributed by atoms with E-state index >= 15 is 0 Å². The zero-order chi connectivity index (χ0) is 15.7. The number of hydrogen-bond donors (Lipinski definition) is 2. The number of benzene rings is 2. The molecule has 3 rings (SSSR count). The number of rotatable bonds is 3. The van der Waals surface area contributed by atoms with Crippen LogP contribution >= 0.6 is 11.6 Å². The number of imidazole rings is 1. The first kappa shape index (κ1) is 14.4. The summed E-state index contributed by atoms with van der Waals surface area (Å²) in [6.07, 6.45) is 0. The molecule has 1 aromatic heterocycles. The zero-order valence-electron chi connectivity index (χ0n) is 11.9. The van der Waals surface area contributed by atoms with Gasteiger partial charge in [-0.05, 0) is 30.3 Å². The third kappa shape index (κ3) is 2.76. The molecule has 3 aromatic rings. The highest BCUT2D eigenvalue weighted by Crippen LogP contribution is 2.24. The maximum atomic E-state index is 12.4. The maximum absolute atomic E-state index is 12.4. The smallest absolute Gasteiger partial charge is 0.254 e. The van der Waals surface area contributed by atoms with Crippen molar-refractivity contribution in [1.29, 1.82) is 0 Å². The number of aromatic nitrogens is 2. The van der Waals surface area contributed by atoms with Crippen molar-refractivity contribution in [2.75, 3.05) is 7.05 Å². The van der Waals surface area contributed by atoms with E-state index in [1.807, 2.05) is 24.3 Å². The average Bonchev–Trinajstić information content (AvgIpc) is 2.91. The van der Waals surface area contributed by atoms with Gasteiger partial charge >= 0.3 is 0 Å². The molecule has 5 nitrogen and oxygen atoms in total. The minimum absolute atomic E-state index is 0.0434. The lowest BCUT2D eigenvalue weighted by molar-refractivity contribution is 0.0782. The molecule has 0 unspecified atom stereocenters. The number of fused-ring (bicyclic) bond motifs is 1. The maximum Gasteiger partial charge on any atom is 0.254 e. The van der Waals surface area contributed by atoms with E-state index in [-0.39, 0.29) is 16.7 Å². The summed E-state index contributed by atoms with van der Waals surface area (Å²) in [6, 6.07) is 12.1. The molecule has 0 saturated heterocycles. The van der Waals surface area contributed by atoms with Crippen molar-refractivity contribution < 1.29 is 9.90 Å². The first-order chi connectivity index (χ1) is 10.5. The van der Waals surface area contributed by atoms with Crippen LogP contribution in [0, 0.1) is 0 Å². The van der Waals surface area contributed by atoms with Crippen molar-refractivity contribution in [3.05, 3.63) is 58.9 Å².